The molecule has 0 saturated heterocycles. The van der Waals surface area contributed by atoms with Crippen molar-refractivity contribution in [1.29, 1.82) is 0 Å². The van der Waals surface area contributed by atoms with E-state index in [1.807, 2.05) is 39.8 Å². The largest absolute Gasteiger partial charge is 0.339 e. The van der Waals surface area contributed by atoms with Crippen LogP contribution in [0, 0.1) is 31.6 Å². The first-order valence-electron chi connectivity index (χ1n) is 15.5. The summed E-state index contributed by atoms with van der Waals surface area (Å²) in [6, 6.07) is 4.92. The van der Waals surface area contributed by atoms with E-state index in [0.29, 0.717) is 23.3 Å². The molecule has 0 spiro atoms. The van der Waals surface area contributed by atoms with Gasteiger partial charge in [-0.15, -0.1) is 0 Å². The molecular weight excluding hydrogens is 514 g/mol. The fourth-order valence-corrected chi connectivity index (χ4v) is 7.22. The number of aryl methyl sites for hydroxylation is 2. The number of carbonyl (C=O) groups excluding carboxylic acids is 2. The van der Waals surface area contributed by atoms with Crippen LogP contribution in [0.1, 0.15) is 106 Å². The summed E-state index contributed by atoms with van der Waals surface area (Å²) in [4.78, 5) is 32.5. The van der Waals surface area contributed by atoms with Gasteiger partial charge in [0.25, 0.3) is 5.91 Å². The van der Waals surface area contributed by atoms with Crippen LogP contribution >= 0.6 is 0 Å². The second kappa shape index (κ2) is 13.0. The number of aromatic nitrogens is 5. The molecule has 2 saturated carbocycles. The molecule has 0 aliphatic heterocycles. The zero-order valence-corrected chi connectivity index (χ0v) is 24.9. The minimum absolute atomic E-state index is 0.0377. The van der Waals surface area contributed by atoms with Crippen LogP contribution in [0.4, 0.5) is 5.82 Å². The van der Waals surface area contributed by atoms with Crippen LogP contribution in [0.2, 0.25) is 0 Å². The minimum Gasteiger partial charge on any atom is -0.339 e. The summed E-state index contributed by atoms with van der Waals surface area (Å²) in [5.41, 5.74) is 4.34. The lowest BCUT2D eigenvalue weighted by atomic mass is 9.66. The first-order valence-corrected chi connectivity index (χ1v) is 15.5. The number of hydrogen-bond acceptors (Lipinski definition) is 5. The summed E-state index contributed by atoms with van der Waals surface area (Å²) in [5, 5.41) is 18.0. The van der Waals surface area contributed by atoms with E-state index in [1.165, 1.54) is 38.5 Å². The Kier molecular flexibility index (Phi) is 9.20. The molecule has 2 amide bonds. The molecule has 3 aromatic rings. The SMILES string of the molecule is Cc1n[nH]c(C)c1-c1ccc(NC(=O)[C@@H](NC(=O)c2ccnn2C(C)C)C(C2CCCCC2)C2CCCCC2)nc1. The van der Waals surface area contributed by atoms with E-state index in [-0.39, 0.29) is 23.8 Å². The van der Waals surface area contributed by atoms with Gasteiger partial charge in [0, 0.05) is 35.3 Å². The van der Waals surface area contributed by atoms with Crippen molar-refractivity contribution >= 4 is 17.6 Å². The van der Waals surface area contributed by atoms with Gasteiger partial charge in [-0.1, -0.05) is 64.2 Å². The number of nitrogens with one attached hydrogen (secondary N) is 3. The predicted octanol–water partition coefficient (Wildman–Crippen LogP) is 6.38. The number of amides is 2. The summed E-state index contributed by atoms with van der Waals surface area (Å²) in [7, 11) is 0. The Morgan fingerprint density at radius 3 is 2.15 bits per heavy atom. The molecule has 3 heterocycles. The second-order valence-corrected chi connectivity index (χ2v) is 12.3. The number of rotatable bonds is 9. The van der Waals surface area contributed by atoms with Gasteiger partial charge in [-0.2, -0.15) is 10.2 Å². The van der Waals surface area contributed by atoms with Crippen molar-refractivity contribution in [1.82, 2.24) is 30.3 Å². The van der Waals surface area contributed by atoms with Gasteiger partial charge in [0.15, 0.2) is 0 Å². The molecule has 1 atom stereocenters. The average molecular weight is 560 g/mol. The van der Waals surface area contributed by atoms with Crippen LogP contribution in [-0.4, -0.2) is 42.8 Å². The molecule has 2 fully saturated rings. The highest BCUT2D eigenvalue weighted by Crippen LogP contribution is 2.42. The molecule has 41 heavy (non-hydrogen) atoms. The fourth-order valence-electron chi connectivity index (χ4n) is 7.22. The number of hydrogen-bond donors (Lipinski definition) is 3. The average Bonchev–Trinajstić information content (AvgIpc) is 3.61. The van der Waals surface area contributed by atoms with Gasteiger partial charge < -0.3 is 10.6 Å². The van der Waals surface area contributed by atoms with Crippen molar-refractivity contribution in [2.45, 2.75) is 104 Å². The van der Waals surface area contributed by atoms with Crippen molar-refractivity contribution in [3.8, 4) is 11.1 Å². The van der Waals surface area contributed by atoms with E-state index in [2.05, 4.69) is 30.9 Å². The maximum atomic E-state index is 14.2. The summed E-state index contributed by atoms with van der Waals surface area (Å²) in [6.45, 7) is 7.95. The van der Waals surface area contributed by atoms with Gasteiger partial charge in [-0.3, -0.25) is 19.4 Å². The molecular formula is C32H45N7O2. The molecule has 9 nitrogen and oxygen atoms in total. The van der Waals surface area contributed by atoms with Crippen molar-refractivity contribution in [3.63, 3.8) is 0 Å². The number of pyridine rings is 1. The molecule has 220 valence electrons. The van der Waals surface area contributed by atoms with Crippen LogP contribution < -0.4 is 10.6 Å². The Balaban J connectivity index is 1.44. The summed E-state index contributed by atoms with van der Waals surface area (Å²) in [5.74, 6) is 0.967. The lowest BCUT2D eigenvalue weighted by Gasteiger charge is -2.42. The van der Waals surface area contributed by atoms with Crippen LogP contribution in [0.25, 0.3) is 11.1 Å². The van der Waals surface area contributed by atoms with Crippen molar-refractivity contribution in [3.05, 3.63) is 47.7 Å². The molecule has 2 aliphatic rings. The zero-order valence-electron chi connectivity index (χ0n) is 24.9. The van der Waals surface area contributed by atoms with Crippen molar-refractivity contribution in [2.75, 3.05) is 5.32 Å². The van der Waals surface area contributed by atoms with E-state index in [9.17, 15) is 9.59 Å². The molecule has 0 radical (unpaired) electrons. The number of aromatic amines is 1. The second-order valence-electron chi connectivity index (χ2n) is 12.3. The minimum atomic E-state index is -0.649. The van der Waals surface area contributed by atoms with E-state index < -0.39 is 6.04 Å². The summed E-state index contributed by atoms with van der Waals surface area (Å²) >= 11 is 0. The summed E-state index contributed by atoms with van der Waals surface area (Å²) < 4.78 is 1.72. The van der Waals surface area contributed by atoms with E-state index >= 15 is 0 Å². The molecule has 0 bridgehead atoms. The molecule has 0 unspecified atom stereocenters. The molecule has 9 heteroatoms. The van der Waals surface area contributed by atoms with Gasteiger partial charge in [0.1, 0.15) is 17.6 Å². The zero-order chi connectivity index (χ0) is 28.9. The highest BCUT2D eigenvalue weighted by Gasteiger charge is 2.41. The number of carbonyl (C=O) groups is 2. The van der Waals surface area contributed by atoms with Gasteiger partial charge in [-0.05, 0) is 63.6 Å². The predicted molar refractivity (Wildman–Crippen MR) is 160 cm³/mol. The quantitative estimate of drug-likeness (QED) is 0.281. The van der Waals surface area contributed by atoms with Crippen LogP contribution in [0.3, 0.4) is 0 Å². The third-order valence-electron chi connectivity index (χ3n) is 9.17. The van der Waals surface area contributed by atoms with Crippen LogP contribution in [-0.2, 0) is 4.79 Å². The standard InChI is InChI=1S/C32H45N7O2/c1-20(2)39-26(17-18-34-39)31(40)36-30(29(23-11-7-5-8-12-23)24-13-9-6-10-14-24)32(41)35-27-16-15-25(19-33-27)28-21(3)37-38-22(28)4/h15-20,23-24,29-30H,5-14H2,1-4H3,(H,36,40)(H,37,38)(H,33,35,41)/t30-/m0/s1. The number of anilines is 1. The molecule has 5 rings (SSSR count). The Hall–Kier alpha value is -3.49. The maximum absolute atomic E-state index is 14.2. The Bertz CT molecular complexity index is 1280. The van der Waals surface area contributed by atoms with Crippen LogP contribution in [0.15, 0.2) is 30.6 Å². The van der Waals surface area contributed by atoms with Crippen molar-refractivity contribution < 1.29 is 9.59 Å². The highest BCUT2D eigenvalue weighted by molar-refractivity contribution is 6.00. The van der Waals surface area contributed by atoms with E-state index in [0.717, 1.165) is 48.2 Å². The molecule has 3 N–H and O–H groups in total. The smallest absolute Gasteiger partial charge is 0.270 e. The third-order valence-corrected chi connectivity index (χ3v) is 9.17. The third kappa shape index (κ3) is 6.54. The topological polar surface area (TPSA) is 118 Å². The fraction of sp³-hybridized carbons (Fsp3) is 0.594. The Morgan fingerprint density at radius 1 is 0.951 bits per heavy atom. The van der Waals surface area contributed by atoms with Gasteiger partial charge in [-0.25, -0.2) is 4.98 Å². The maximum Gasteiger partial charge on any atom is 0.270 e. The van der Waals surface area contributed by atoms with Gasteiger partial charge in [0.2, 0.25) is 5.91 Å². The lowest BCUT2D eigenvalue weighted by molar-refractivity contribution is -0.121. The Labute approximate surface area is 243 Å². The summed E-state index contributed by atoms with van der Waals surface area (Å²) in [6.07, 6.45) is 15.1. The monoisotopic (exact) mass is 559 g/mol. The Morgan fingerprint density at radius 2 is 1.61 bits per heavy atom. The van der Waals surface area contributed by atoms with Gasteiger partial charge in [0.05, 0.1) is 5.69 Å². The highest BCUT2D eigenvalue weighted by atomic mass is 16.2. The number of nitrogens with zero attached hydrogens (tertiary/aromatic N) is 4. The first kappa shape index (κ1) is 29.0. The van der Waals surface area contributed by atoms with E-state index in [4.69, 9.17) is 0 Å². The van der Waals surface area contributed by atoms with Crippen molar-refractivity contribution in [2.24, 2.45) is 17.8 Å². The lowest BCUT2D eigenvalue weighted by Crippen LogP contribution is -2.53. The first-order chi connectivity index (χ1) is 19.8. The normalized spacial score (nSPS) is 17.6. The molecule has 0 aromatic carbocycles. The van der Waals surface area contributed by atoms with Crippen LogP contribution in [0.5, 0.6) is 0 Å². The number of H-pyrrole nitrogens is 1. The molecule has 2 aliphatic carbocycles. The van der Waals surface area contributed by atoms with Gasteiger partial charge >= 0.3 is 0 Å². The molecule has 3 aromatic heterocycles. The van der Waals surface area contributed by atoms with E-state index in [1.54, 1.807) is 23.1 Å².